The van der Waals surface area contributed by atoms with Crippen molar-refractivity contribution in [2.24, 2.45) is 13.0 Å². The van der Waals surface area contributed by atoms with Crippen LogP contribution in [0.5, 0.6) is 0 Å². The van der Waals surface area contributed by atoms with Crippen molar-refractivity contribution in [3.8, 4) is 0 Å². The normalized spacial score (nSPS) is 17.3. The van der Waals surface area contributed by atoms with E-state index in [1.165, 1.54) is 22.4 Å². The van der Waals surface area contributed by atoms with E-state index in [2.05, 4.69) is 18.8 Å². The van der Waals surface area contributed by atoms with Crippen molar-refractivity contribution in [3.05, 3.63) is 22.1 Å². The average molecular weight is 337 g/mol. The van der Waals surface area contributed by atoms with Crippen LogP contribution in [0.25, 0.3) is 0 Å². The minimum absolute atomic E-state index is 0.0745. The summed E-state index contributed by atoms with van der Waals surface area (Å²) < 4.78 is 1.53. The Hall–Kier alpha value is -1.30. The number of carbonyl (C=O) groups excluding carboxylic acids is 1. The molecule has 1 aromatic heterocycles. The summed E-state index contributed by atoms with van der Waals surface area (Å²) in [6.45, 7) is 7.84. The predicted octanol–water partition coefficient (Wildman–Crippen LogP) is 2.61. The fourth-order valence-corrected chi connectivity index (χ4v) is 4.09. The third kappa shape index (κ3) is 4.59. The van der Waals surface area contributed by atoms with Crippen LogP contribution in [0.2, 0.25) is 0 Å². The van der Waals surface area contributed by atoms with Crippen LogP contribution in [0.1, 0.15) is 45.2 Å². The van der Waals surface area contributed by atoms with Crippen LogP contribution in [0, 0.1) is 12.8 Å². The Morgan fingerprint density at radius 1 is 1.43 bits per heavy atom. The molecular weight excluding hydrogens is 310 g/mol. The number of likely N-dealkylation sites (tertiary alicyclic amines) is 1. The van der Waals surface area contributed by atoms with E-state index in [1.807, 2.05) is 11.8 Å². The van der Waals surface area contributed by atoms with Crippen LogP contribution < -0.4 is 5.56 Å². The molecule has 0 aliphatic carbocycles. The molecule has 0 N–H and O–H groups in total. The minimum atomic E-state index is -0.159. The maximum Gasteiger partial charge on any atom is 0.254 e. The van der Waals surface area contributed by atoms with E-state index in [9.17, 15) is 9.59 Å². The van der Waals surface area contributed by atoms with Crippen LogP contribution in [0.4, 0.5) is 0 Å². The van der Waals surface area contributed by atoms with Crippen molar-refractivity contribution in [2.45, 2.75) is 56.9 Å². The molecular formula is C17H27N3O2S. The quantitative estimate of drug-likeness (QED) is 0.612. The molecule has 128 valence electrons. The molecule has 1 atom stereocenters. The van der Waals surface area contributed by atoms with Gasteiger partial charge < -0.3 is 4.90 Å². The third-order valence-electron chi connectivity index (χ3n) is 4.39. The molecule has 1 saturated heterocycles. The zero-order valence-electron chi connectivity index (χ0n) is 14.5. The van der Waals surface area contributed by atoms with E-state index in [1.54, 1.807) is 7.05 Å². The molecule has 1 amide bonds. The van der Waals surface area contributed by atoms with Gasteiger partial charge in [0.25, 0.3) is 5.56 Å². The van der Waals surface area contributed by atoms with Crippen LogP contribution in [0.15, 0.2) is 16.0 Å². The predicted molar refractivity (Wildman–Crippen MR) is 93.7 cm³/mol. The summed E-state index contributed by atoms with van der Waals surface area (Å²) in [5.74, 6) is 0.898. The number of carbonyl (C=O) groups is 1. The first-order valence-corrected chi connectivity index (χ1v) is 9.30. The zero-order valence-corrected chi connectivity index (χ0v) is 15.4. The first kappa shape index (κ1) is 18.0. The van der Waals surface area contributed by atoms with Crippen molar-refractivity contribution < 1.29 is 4.79 Å². The number of aryl methyl sites for hydroxylation is 1. The Morgan fingerprint density at radius 3 is 2.70 bits per heavy atom. The van der Waals surface area contributed by atoms with Gasteiger partial charge >= 0.3 is 0 Å². The van der Waals surface area contributed by atoms with Crippen molar-refractivity contribution >= 4 is 17.7 Å². The topological polar surface area (TPSA) is 55.2 Å². The number of thioether (sulfide) groups is 1. The number of nitrogens with zero attached hydrogens (tertiary/aromatic N) is 3. The van der Waals surface area contributed by atoms with Crippen LogP contribution in [0.3, 0.4) is 0 Å². The van der Waals surface area contributed by atoms with Crippen LogP contribution >= 0.6 is 11.8 Å². The van der Waals surface area contributed by atoms with Gasteiger partial charge in [-0.15, -0.1) is 0 Å². The summed E-state index contributed by atoms with van der Waals surface area (Å²) in [6.07, 6.45) is 3.90. The maximum atomic E-state index is 12.9. The van der Waals surface area contributed by atoms with Gasteiger partial charge in [-0.2, -0.15) is 0 Å². The Kier molecular flexibility index (Phi) is 6.27. The van der Waals surface area contributed by atoms with E-state index in [0.29, 0.717) is 16.8 Å². The van der Waals surface area contributed by atoms with Crippen molar-refractivity contribution in [1.82, 2.24) is 14.5 Å². The number of amides is 1. The summed E-state index contributed by atoms with van der Waals surface area (Å²) >= 11 is 1.43. The second-order valence-corrected chi connectivity index (χ2v) is 7.65. The Morgan fingerprint density at radius 2 is 2.09 bits per heavy atom. The lowest BCUT2D eigenvalue weighted by atomic mass is 9.99. The van der Waals surface area contributed by atoms with Gasteiger partial charge in [0.1, 0.15) is 0 Å². The molecule has 1 aliphatic rings. The molecule has 0 saturated carbocycles. The second-order valence-electron chi connectivity index (χ2n) is 6.48. The summed E-state index contributed by atoms with van der Waals surface area (Å²) in [4.78, 5) is 31.2. The molecule has 0 aromatic carbocycles. The van der Waals surface area contributed by atoms with Crippen LogP contribution in [-0.2, 0) is 11.8 Å². The van der Waals surface area contributed by atoms with Crippen molar-refractivity contribution in [3.63, 3.8) is 0 Å². The molecule has 2 rings (SSSR count). The SMILES string of the molecule is CCCC(Sc1nc(C)cc(=O)n1C)C(=O)N1CCC(C)CC1. The van der Waals surface area contributed by atoms with Gasteiger partial charge in [0.15, 0.2) is 5.16 Å². The smallest absolute Gasteiger partial charge is 0.254 e. The highest BCUT2D eigenvalue weighted by molar-refractivity contribution is 8.00. The van der Waals surface area contributed by atoms with Gasteiger partial charge in [0.2, 0.25) is 5.91 Å². The number of hydrogen-bond acceptors (Lipinski definition) is 4. The lowest BCUT2D eigenvalue weighted by Crippen LogP contribution is -2.42. The highest BCUT2D eigenvalue weighted by Crippen LogP contribution is 2.27. The highest BCUT2D eigenvalue weighted by Gasteiger charge is 2.28. The summed E-state index contributed by atoms with van der Waals surface area (Å²) in [5.41, 5.74) is 0.625. The molecule has 0 radical (unpaired) electrons. The number of aromatic nitrogens is 2. The zero-order chi connectivity index (χ0) is 17.0. The molecule has 0 spiro atoms. The molecule has 1 aromatic rings. The molecule has 1 fully saturated rings. The molecule has 5 nitrogen and oxygen atoms in total. The molecule has 6 heteroatoms. The maximum absolute atomic E-state index is 12.9. The fourth-order valence-electron chi connectivity index (χ4n) is 2.79. The Balaban J connectivity index is 2.15. The third-order valence-corrected chi connectivity index (χ3v) is 5.69. The molecule has 23 heavy (non-hydrogen) atoms. The molecule has 1 unspecified atom stereocenters. The van der Waals surface area contributed by atoms with Gasteiger partial charge in [0.05, 0.1) is 5.25 Å². The molecule has 1 aliphatic heterocycles. The standard InChI is InChI=1S/C17H27N3O2S/c1-5-6-14(16(22)20-9-7-12(2)8-10-20)23-17-18-13(3)11-15(21)19(17)4/h11-12,14H,5-10H2,1-4H3. The van der Waals surface area contributed by atoms with Gasteiger partial charge in [-0.25, -0.2) is 4.98 Å². The van der Waals surface area contributed by atoms with E-state index >= 15 is 0 Å². The van der Waals surface area contributed by atoms with E-state index in [4.69, 9.17) is 0 Å². The van der Waals surface area contributed by atoms with Crippen LogP contribution in [-0.4, -0.2) is 38.7 Å². The van der Waals surface area contributed by atoms with Gasteiger partial charge in [0, 0.05) is 31.9 Å². The van der Waals surface area contributed by atoms with Gasteiger partial charge in [-0.3, -0.25) is 14.2 Å². The van der Waals surface area contributed by atoms with Gasteiger partial charge in [-0.05, 0) is 32.1 Å². The van der Waals surface area contributed by atoms with Gasteiger partial charge in [-0.1, -0.05) is 32.0 Å². The minimum Gasteiger partial charge on any atom is -0.342 e. The average Bonchev–Trinajstić information content (AvgIpc) is 2.51. The lowest BCUT2D eigenvalue weighted by molar-refractivity contribution is -0.132. The van der Waals surface area contributed by atoms with Crippen molar-refractivity contribution in [2.75, 3.05) is 13.1 Å². The largest absolute Gasteiger partial charge is 0.342 e. The fraction of sp³-hybridized carbons (Fsp3) is 0.706. The van der Waals surface area contributed by atoms with E-state index < -0.39 is 0 Å². The summed E-state index contributed by atoms with van der Waals surface area (Å²) in [5, 5.41) is 0.473. The first-order valence-electron chi connectivity index (χ1n) is 8.42. The Labute approximate surface area is 142 Å². The Bertz CT molecular complexity index is 606. The summed E-state index contributed by atoms with van der Waals surface area (Å²) in [6, 6.07) is 1.52. The number of hydrogen-bond donors (Lipinski definition) is 0. The molecule has 0 bridgehead atoms. The summed E-state index contributed by atoms with van der Waals surface area (Å²) in [7, 11) is 1.72. The monoisotopic (exact) mass is 337 g/mol. The first-order chi connectivity index (χ1) is 10.9. The van der Waals surface area contributed by atoms with E-state index in [-0.39, 0.29) is 16.7 Å². The van der Waals surface area contributed by atoms with Crippen molar-refractivity contribution in [1.29, 1.82) is 0 Å². The highest BCUT2D eigenvalue weighted by atomic mass is 32.2. The molecule has 2 heterocycles. The number of piperidine rings is 1. The lowest BCUT2D eigenvalue weighted by Gasteiger charge is -2.32. The van der Waals surface area contributed by atoms with E-state index in [0.717, 1.165) is 38.8 Å². The number of rotatable bonds is 5. The second kappa shape index (κ2) is 7.99.